The zero-order valence-electron chi connectivity index (χ0n) is 30.2. The first-order valence-electron chi connectivity index (χ1n) is 18.8. The molecule has 0 amide bonds. The van der Waals surface area contributed by atoms with Gasteiger partial charge in [0.25, 0.3) is 0 Å². The summed E-state index contributed by atoms with van der Waals surface area (Å²) in [5.74, 6) is 1.88. The minimum atomic E-state index is 0.618. The van der Waals surface area contributed by atoms with E-state index in [0.717, 1.165) is 83.0 Å². The SMILES string of the molecule is c1ccc(-c2cccc(-c3nc(-c4ccccc4)nc(-c4ccc5c6cc(-c7ccc8oc9ccccc9c8c7)ccc6n(-c6ccccc6)c5c4)n3)c2)cc1. The molecular formula is C51H32N4O. The van der Waals surface area contributed by atoms with E-state index in [4.69, 9.17) is 19.4 Å². The van der Waals surface area contributed by atoms with Crippen LogP contribution in [0.15, 0.2) is 199 Å². The lowest BCUT2D eigenvalue weighted by molar-refractivity contribution is 0.669. The number of para-hydroxylation sites is 2. The maximum absolute atomic E-state index is 6.14. The van der Waals surface area contributed by atoms with Crippen molar-refractivity contribution < 1.29 is 4.42 Å². The van der Waals surface area contributed by atoms with Crippen LogP contribution in [-0.4, -0.2) is 19.5 Å². The maximum atomic E-state index is 6.14. The first-order valence-corrected chi connectivity index (χ1v) is 18.8. The fraction of sp³-hybridized carbons (Fsp3) is 0. The maximum Gasteiger partial charge on any atom is 0.164 e. The zero-order chi connectivity index (χ0) is 37.0. The molecule has 11 aromatic rings. The Morgan fingerprint density at radius 2 is 0.839 bits per heavy atom. The van der Waals surface area contributed by atoms with E-state index in [1.165, 1.54) is 5.39 Å². The lowest BCUT2D eigenvalue weighted by Crippen LogP contribution is -2.00. The third kappa shape index (κ3) is 5.45. The van der Waals surface area contributed by atoms with Crippen molar-refractivity contribution in [1.29, 1.82) is 0 Å². The molecule has 56 heavy (non-hydrogen) atoms. The molecule has 0 unspecified atom stereocenters. The van der Waals surface area contributed by atoms with Crippen LogP contribution in [0.2, 0.25) is 0 Å². The quantitative estimate of drug-likeness (QED) is 0.172. The van der Waals surface area contributed by atoms with Gasteiger partial charge >= 0.3 is 0 Å². The van der Waals surface area contributed by atoms with E-state index in [1.807, 2.05) is 48.5 Å². The molecule has 262 valence electrons. The Balaban J connectivity index is 1.09. The Morgan fingerprint density at radius 1 is 0.304 bits per heavy atom. The van der Waals surface area contributed by atoms with Crippen LogP contribution in [0.25, 0.3) is 106 Å². The molecule has 11 rings (SSSR count). The number of furan rings is 1. The predicted molar refractivity (Wildman–Crippen MR) is 229 cm³/mol. The molecule has 0 saturated carbocycles. The summed E-state index contributed by atoms with van der Waals surface area (Å²) in [6.07, 6.45) is 0. The van der Waals surface area contributed by atoms with Gasteiger partial charge in [0.1, 0.15) is 11.2 Å². The summed E-state index contributed by atoms with van der Waals surface area (Å²) in [5.41, 5.74) is 12.4. The summed E-state index contributed by atoms with van der Waals surface area (Å²) < 4.78 is 8.48. The van der Waals surface area contributed by atoms with Crippen molar-refractivity contribution >= 4 is 43.7 Å². The number of rotatable bonds is 6. The largest absolute Gasteiger partial charge is 0.456 e. The van der Waals surface area contributed by atoms with Gasteiger partial charge in [0, 0.05) is 43.9 Å². The van der Waals surface area contributed by atoms with Crippen molar-refractivity contribution in [3.8, 4) is 62.1 Å². The lowest BCUT2D eigenvalue weighted by Gasteiger charge is -2.11. The number of nitrogens with zero attached hydrogens (tertiary/aromatic N) is 4. The molecule has 0 aliphatic carbocycles. The lowest BCUT2D eigenvalue weighted by atomic mass is 10.0. The molecule has 0 radical (unpaired) electrons. The molecule has 0 bridgehead atoms. The third-order valence-electron chi connectivity index (χ3n) is 10.6. The molecule has 3 aromatic heterocycles. The van der Waals surface area contributed by atoms with Crippen LogP contribution in [0.4, 0.5) is 0 Å². The molecule has 5 heteroatoms. The average molecular weight is 717 g/mol. The Kier molecular flexibility index (Phi) is 7.42. The fourth-order valence-electron chi connectivity index (χ4n) is 7.92. The van der Waals surface area contributed by atoms with Crippen LogP contribution in [0.5, 0.6) is 0 Å². The highest BCUT2D eigenvalue weighted by Gasteiger charge is 2.18. The minimum Gasteiger partial charge on any atom is -0.456 e. The highest BCUT2D eigenvalue weighted by atomic mass is 16.3. The zero-order valence-corrected chi connectivity index (χ0v) is 30.2. The van der Waals surface area contributed by atoms with Crippen molar-refractivity contribution in [3.05, 3.63) is 194 Å². The standard InChI is InChI=1S/C51H32N4O/c1-4-13-33(14-5-1)35-17-12-18-38(29-35)50-52-49(34-15-6-2-7-16-34)53-51(54-50)39-23-26-41-43-30-36(24-27-45(43)55(46(41)32-39)40-19-8-3-9-20-40)37-25-28-48-44(31-37)42-21-10-11-22-47(42)56-48/h1-32H. The number of benzene rings is 8. The Labute approximate surface area is 322 Å². The summed E-state index contributed by atoms with van der Waals surface area (Å²) in [6, 6.07) is 67.6. The Bertz CT molecular complexity index is 3240. The second-order valence-electron chi connectivity index (χ2n) is 14.1. The van der Waals surface area contributed by atoms with Crippen LogP contribution < -0.4 is 0 Å². The second kappa shape index (κ2) is 13.0. The van der Waals surface area contributed by atoms with Gasteiger partial charge in [0.05, 0.1) is 11.0 Å². The fourth-order valence-corrected chi connectivity index (χ4v) is 7.92. The van der Waals surface area contributed by atoms with E-state index in [2.05, 4.69) is 150 Å². The van der Waals surface area contributed by atoms with Crippen LogP contribution in [0, 0.1) is 0 Å². The summed E-state index contributed by atoms with van der Waals surface area (Å²) in [5, 5.41) is 4.56. The van der Waals surface area contributed by atoms with Crippen molar-refractivity contribution in [2.75, 3.05) is 0 Å². The molecule has 3 heterocycles. The van der Waals surface area contributed by atoms with Crippen LogP contribution in [0.1, 0.15) is 0 Å². The Morgan fingerprint density at radius 3 is 1.61 bits per heavy atom. The van der Waals surface area contributed by atoms with E-state index < -0.39 is 0 Å². The van der Waals surface area contributed by atoms with Crippen LogP contribution >= 0.6 is 0 Å². The summed E-state index contributed by atoms with van der Waals surface area (Å²) in [6.45, 7) is 0. The first kappa shape index (κ1) is 31.9. The normalized spacial score (nSPS) is 11.6. The molecule has 0 fully saturated rings. The minimum absolute atomic E-state index is 0.618. The average Bonchev–Trinajstić information content (AvgIpc) is 3.82. The molecule has 0 atom stereocenters. The molecule has 0 spiro atoms. The Hall–Kier alpha value is -7.63. The number of aromatic nitrogens is 4. The monoisotopic (exact) mass is 716 g/mol. The summed E-state index contributed by atoms with van der Waals surface area (Å²) in [7, 11) is 0. The number of fused-ring (bicyclic) bond motifs is 6. The van der Waals surface area contributed by atoms with Gasteiger partial charge in [0.15, 0.2) is 17.5 Å². The van der Waals surface area contributed by atoms with Gasteiger partial charge in [-0.2, -0.15) is 0 Å². The van der Waals surface area contributed by atoms with Gasteiger partial charge in [-0.05, 0) is 76.9 Å². The highest BCUT2D eigenvalue weighted by molar-refractivity contribution is 6.12. The van der Waals surface area contributed by atoms with Crippen molar-refractivity contribution in [2.45, 2.75) is 0 Å². The smallest absolute Gasteiger partial charge is 0.164 e. The molecule has 5 nitrogen and oxygen atoms in total. The molecule has 8 aromatic carbocycles. The van der Waals surface area contributed by atoms with Gasteiger partial charge in [-0.3, -0.25) is 0 Å². The van der Waals surface area contributed by atoms with Crippen molar-refractivity contribution in [2.24, 2.45) is 0 Å². The van der Waals surface area contributed by atoms with E-state index in [-0.39, 0.29) is 0 Å². The van der Waals surface area contributed by atoms with E-state index in [1.54, 1.807) is 0 Å². The van der Waals surface area contributed by atoms with E-state index >= 15 is 0 Å². The first-order chi connectivity index (χ1) is 27.7. The molecule has 0 N–H and O–H groups in total. The van der Waals surface area contributed by atoms with Crippen LogP contribution in [0.3, 0.4) is 0 Å². The number of hydrogen-bond acceptors (Lipinski definition) is 4. The predicted octanol–water partition coefficient (Wildman–Crippen LogP) is 13.2. The molecule has 0 aliphatic heterocycles. The molecule has 0 aliphatic rings. The van der Waals surface area contributed by atoms with Gasteiger partial charge in [0.2, 0.25) is 0 Å². The second-order valence-corrected chi connectivity index (χ2v) is 14.1. The third-order valence-corrected chi connectivity index (χ3v) is 10.6. The van der Waals surface area contributed by atoms with E-state index in [9.17, 15) is 0 Å². The topological polar surface area (TPSA) is 56.7 Å². The highest BCUT2D eigenvalue weighted by Crippen LogP contribution is 2.39. The molecule has 0 saturated heterocycles. The van der Waals surface area contributed by atoms with Crippen molar-refractivity contribution in [1.82, 2.24) is 19.5 Å². The summed E-state index contributed by atoms with van der Waals surface area (Å²) >= 11 is 0. The van der Waals surface area contributed by atoms with Gasteiger partial charge in [-0.15, -0.1) is 0 Å². The van der Waals surface area contributed by atoms with Gasteiger partial charge < -0.3 is 8.98 Å². The van der Waals surface area contributed by atoms with Crippen LogP contribution in [-0.2, 0) is 0 Å². The summed E-state index contributed by atoms with van der Waals surface area (Å²) in [4.78, 5) is 15.3. The molecular weight excluding hydrogens is 685 g/mol. The van der Waals surface area contributed by atoms with E-state index in [0.29, 0.717) is 17.5 Å². The van der Waals surface area contributed by atoms with Crippen molar-refractivity contribution in [3.63, 3.8) is 0 Å². The number of hydrogen-bond donors (Lipinski definition) is 0. The van der Waals surface area contributed by atoms with Gasteiger partial charge in [-0.25, -0.2) is 15.0 Å². The van der Waals surface area contributed by atoms with Gasteiger partial charge in [-0.1, -0.05) is 140 Å².